The smallest absolute Gasteiger partial charge is 0.120 e. The van der Waals surface area contributed by atoms with Gasteiger partial charge in [0.25, 0.3) is 0 Å². The predicted molar refractivity (Wildman–Crippen MR) is 103 cm³/mol. The second kappa shape index (κ2) is 20.9. The van der Waals surface area contributed by atoms with Crippen LogP contribution in [0.2, 0.25) is 0 Å². The van der Waals surface area contributed by atoms with Crippen molar-refractivity contribution >= 4 is 12.6 Å². The third-order valence-corrected chi connectivity index (χ3v) is 1.99. The van der Waals surface area contributed by atoms with Crippen LogP contribution in [-0.2, 0) is 4.74 Å². The van der Waals surface area contributed by atoms with Crippen LogP contribution in [-0.4, -0.2) is 6.61 Å². The molecule has 0 amide bonds. The molecule has 0 aliphatic carbocycles. The second-order valence-corrected chi connectivity index (χ2v) is 4.04. The Bertz CT molecular complexity index is 367. The molecule has 0 aliphatic rings. The van der Waals surface area contributed by atoms with Gasteiger partial charge in [-0.25, -0.2) is 0 Å². The van der Waals surface area contributed by atoms with Crippen molar-refractivity contribution in [2.45, 2.75) is 41.5 Å². The quantitative estimate of drug-likeness (QED) is 0.315. The van der Waals surface area contributed by atoms with Gasteiger partial charge in [0.15, 0.2) is 0 Å². The third kappa shape index (κ3) is 18.6. The topological polar surface area (TPSA) is 9.23 Å². The molecule has 0 bridgehead atoms. The second-order valence-electron chi connectivity index (χ2n) is 3.34. The van der Waals surface area contributed by atoms with E-state index >= 15 is 0 Å². The fourth-order valence-electron chi connectivity index (χ4n) is 1.05. The maximum absolute atomic E-state index is 5.65. The van der Waals surface area contributed by atoms with Gasteiger partial charge >= 0.3 is 0 Å². The summed E-state index contributed by atoms with van der Waals surface area (Å²) in [7, 11) is 0. The highest BCUT2D eigenvalue weighted by atomic mass is 32.1. The molecule has 0 rings (SSSR count). The first-order chi connectivity index (χ1) is 10.1. The molecule has 0 spiro atoms. The van der Waals surface area contributed by atoms with Crippen molar-refractivity contribution < 1.29 is 4.74 Å². The molecule has 0 fully saturated rings. The van der Waals surface area contributed by atoms with E-state index in [9.17, 15) is 0 Å². The molecule has 2 heteroatoms. The maximum Gasteiger partial charge on any atom is 0.120 e. The molecule has 0 saturated heterocycles. The highest BCUT2D eigenvalue weighted by Gasteiger charge is 1.96. The van der Waals surface area contributed by atoms with Crippen molar-refractivity contribution in [1.82, 2.24) is 0 Å². The highest BCUT2D eigenvalue weighted by molar-refractivity contribution is 7.84. The SMILES string of the molecule is C=C/C=C\C(=C/C)COC(/C=C(\C)S)=C/C=C.CC.CC. The van der Waals surface area contributed by atoms with E-state index in [1.54, 1.807) is 12.2 Å². The van der Waals surface area contributed by atoms with E-state index in [-0.39, 0.29) is 0 Å². The molecule has 0 atom stereocenters. The molecule has 0 heterocycles. The van der Waals surface area contributed by atoms with Crippen LogP contribution in [0.5, 0.6) is 0 Å². The van der Waals surface area contributed by atoms with Gasteiger partial charge in [0, 0.05) is 0 Å². The summed E-state index contributed by atoms with van der Waals surface area (Å²) in [5, 5.41) is 0. The van der Waals surface area contributed by atoms with Crippen molar-refractivity contribution in [3.63, 3.8) is 0 Å². The number of rotatable bonds is 7. The zero-order chi connectivity index (χ0) is 17.1. The van der Waals surface area contributed by atoms with Crippen molar-refractivity contribution in [3.8, 4) is 0 Å². The van der Waals surface area contributed by atoms with Gasteiger partial charge in [0.05, 0.1) is 0 Å². The minimum Gasteiger partial charge on any atom is -0.489 e. The van der Waals surface area contributed by atoms with Crippen LogP contribution in [0.1, 0.15) is 41.5 Å². The lowest BCUT2D eigenvalue weighted by Crippen LogP contribution is -1.95. The summed E-state index contributed by atoms with van der Waals surface area (Å²) in [6.45, 7) is 19.7. The van der Waals surface area contributed by atoms with Gasteiger partial charge in [0.1, 0.15) is 12.4 Å². The maximum atomic E-state index is 5.65. The standard InChI is InChI=1S/C15H20OS.2C2H6/c1-5-8-10-14(7-3)12-16-15(9-6-2)11-13(4)17;2*1-2/h5-11,17H,1-2,12H2,3-4H3;2*1-2H3/b10-8-,13-11+,14-7+,15-9+;;. The zero-order valence-electron chi connectivity index (χ0n) is 14.5. The molecule has 21 heavy (non-hydrogen) atoms. The summed E-state index contributed by atoms with van der Waals surface area (Å²) in [5.41, 5.74) is 1.09. The Balaban J connectivity index is -0.000000739. The average Bonchev–Trinajstić information content (AvgIpc) is 2.51. The van der Waals surface area contributed by atoms with E-state index in [1.807, 2.05) is 71.9 Å². The zero-order valence-corrected chi connectivity index (χ0v) is 15.4. The Kier molecular flexibility index (Phi) is 24.5. The monoisotopic (exact) mass is 308 g/mol. The van der Waals surface area contributed by atoms with Crippen molar-refractivity contribution in [2.75, 3.05) is 6.61 Å². The molecular weight excluding hydrogens is 276 g/mol. The summed E-state index contributed by atoms with van der Waals surface area (Å²) in [5.74, 6) is 0.749. The fraction of sp³-hybridized carbons (Fsp3) is 0.368. The van der Waals surface area contributed by atoms with Gasteiger partial charge in [-0.1, -0.05) is 71.2 Å². The van der Waals surface area contributed by atoms with Crippen molar-refractivity contribution in [3.05, 3.63) is 71.9 Å². The average molecular weight is 309 g/mol. The van der Waals surface area contributed by atoms with E-state index in [2.05, 4.69) is 25.8 Å². The van der Waals surface area contributed by atoms with Gasteiger partial charge in [-0.05, 0) is 36.5 Å². The van der Waals surface area contributed by atoms with E-state index in [4.69, 9.17) is 4.74 Å². The third-order valence-electron chi connectivity index (χ3n) is 1.86. The van der Waals surface area contributed by atoms with E-state index in [0.717, 1.165) is 16.2 Å². The minimum absolute atomic E-state index is 0.512. The molecule has 0 saturated carbocycles. The Hall–Kier alpha value is -1.41. The molecule has 1 nitrogen and oxygen atoms in total. The molecule has 0 aromatic heterocycles. The minimum atomic E-state index is 0.512. The van der Waals surface area contributed by atoms with Gasteiger partial charge in [-0.15, -0.1) is 12.6 Å². The Morgan fingerprint density at radius 2 is 1.67 bits per heavy atom. The number of hydrogen-bond acceptors (Lipinski definition) is 2. The number of hydrogen-bond donors (Lipinski definition) is 1. The predicted octanol–water partition coefficient (Wildman–Crippen LogP) is 6.65. The van der Waals surface area contributed by atoms with Crippen LogP contribution in [0, 0.1) is 0 Å². The Morgan fingerprint density at radius 1 is 1.10 bits per heavy atom. The van der Waals surface area contributed by atoms with Gasteiger partial charge in [-0.2, -0.15) is 0 Å². The number of thiol groups is 1. The van der Waals surface area contributed by atoms with Gasteiger partial charge in [0.2, 0.25) is 0 Å². The normalized spacial score (nSPS) is 11.9. The molecule has 0 aromatic rings. The van der Waals surface area contributed by atoms with Crippen LogP contribution in [0.15, 0.2) is 71.9 Å². The Morgan fingerprint density at radius 3 is 2.05 bits per heavy atom. The van der Waals surface area contributed by atoms with Crippen LogP contribution < -0.4 is 0 Å². The Labute approximate surface area is 137 Å². The number of allylic oxidation sites excluding steroid dienone is 7. The summed E-state index contributed by atoms with van der Waals surface area (Å²) in [4.78, 5) is 0.891. The van der Waals surface area contributed by atoms with Gasteiger partial charge in [-0.3, -0.25) is 0 Å². The highest BCUT2D eigenvalue weighted by Crippen LogP contribution is 2.10. The molecular formula is C19H32OS. The molecule has 0 unspecified atom stereocenters. The lowest BCUT2D eigenvalue weighted by atomic mass is 10.2. The van der Waals surface area contributed by atoms with Gasteiger partial charge < -0.3 is 4.74 Å². The van der Waals surface area contributed by atoms with E-state index in [1.165, 1.54) is 0 Å². The van der Waals surface area contributed by atoms with Crippen LogP contribution >= 0.6 is 12.6 Å². The largest absolute Gasteiger partial charge is 0.489 e. The first-order valence-electron chi connectivity index (χ1n) is 7.41. The van der Waals surface area contributed by atoms with E-state index < -0.39 is 0 Å². The summed E-state index contributed by atoms with van der Waals surface area (Å²) < 4.78 is 5.65. The van der Waals surface area contributed by atoms with Crippen LogP contribution in [0.25, 0.3) is 0 Å². The van der Waals surface area contributed by atoms with Crippen LogP contribution in [0.4, 0.5) is 0 Å². The lowest BCUT2D eigenvalue weighted by Gasteiger charge is -2.07. The van der Waals surface area contributed by atoms with Crippen LogP contribution in [0.3, 0.4) is 0 Å². The summed E-state index contributed by atoms with van der Waals surface area (Å²) in [6, 6.07) is 0. The van der Waals surface area contributed by atoms with Crippen molar-refractivity contribution in [2.24, 2.45) is 0 Å². The first-order valence-corrected chi connectivity index (χ1v) is 7.85. The van der Waals surface area contributed by atoms with E-state index in [0.29, 0.717) is 6.61 Å². The van der Waals surface area contributed by atoms with Crippen molar-refractivity contribution in [1.29, 1.82) is 0 Å². The molecule has 0 N–H and O–H groups in total. The molecule has 0 aromatic carbocycles. The summed E-state index contributed by atoms with van der Waals surface area (Å²) in [6.07, 6.45) is 13.0. The fourth-order valence-corrected chi connectivity index (χ4v) is 1.17. The number of ether oxygens (including phenoxy) is 1. The molecule has 120 valence electrons. The first kappa shape index (κ1) is 24.6. The molecule has 0 aliphatic heterocycles. The molecule has 0 radical (unpaired) electrons. The summed E-state index contributed by atoms with van der Waals surface area (Å²) >= 11 is 4.22. The lowest BCUT2D eigenvalue weighted by molar-refractivity contribution is 0.255.